The molecule has 1 aromatic heterocycles. The smallest absolute Gasteiger partial charge is 0.332 e. The van der Waals surface area contributed by atoms with E-state index in [1.807, 2.05) is 6.92 Å². The topological polar surface area (TPSA) is 75.3 Å². The number of imidazole rings is 1. The van der Waals surface area contributed by atoms with Crippen molar-refractivity contribution in [3.8, 4) is 0 Å². The van der Waals surface area contributed by atoms with Crippen LogP contribution in [0.2, 0.25) is 0 Å². The van der Waals surface area contributed by atoms with Crippen molar-refractivity contribution < 1.29 is 15.0 Å². The standard InChI is InChI=1S/C8H12N2O3/c1-2-10-4-3-9-7(10)5-6(11)8(12)13/h3-4,6,11H,2,5H2,1H3,(H,12,13). The van der Waals surface area contributed by atoms with Crippen molar-refractivity contribution in [1.82, 2.24) is 9.55 Å². The van der Waals surface area contributed by atoms with Crippen LogP contribution in [0.5, 0.6) is 0 Å². The summed E-state index contributed by atoms with van der Waals surface area (Å²) in [6, 6.07) is 0. The molecule has 13 heavy (non-hydrogen) atoms. The van der Waals surface area contributed by atoms with E-state index in [-0.39, 0.29) is 6.42 Å². The van der Waals surface area contributed by atoms with Crippen LogP contribution in [-0.2, 0) is 17.8 Å². The molecule has 72 valence electrons. The molecule has 0 aliphatic rings. The quantitative estimate of drug-likeness (QED) is 0.684. The van der Waals surface area contributed by atoms with Gasteiger partial charge in [0.15, 0.2) is 6.10 Å². The highest BCUT2D eigenvalue weighted by Crippen LogP contribution is 2.01. The van der Waals surface area contributed by atoms with Crippen molar-refractivity contribution in [1.29, 1.82) is 0 Å². The monoisotopic (exact) mass is 184 g/mol. The van der Waals surface area contributed by atoms with Crippen LogP contribution in [-0.4, -0.2) is 31.8 Å². The largest absolute Gasteiger partial charge is 0.479 e. The van der Waals surface area contributed by atoms with Gasteiger partial charge in [0.05, 0.1) is 0 Å². The predicted octanol–water partition coefficient (Wildman–Crippen LogP) is -0.109. The van der Waals surface area contributed by atoms with Crippen molar-refractivity contribution in [3.05, 3.63) is 18.2 Å². The molecule has 0 saturated carbocycles. The average molecular weight is 184 g/mol. The molecule has 1 aromatic rings. The molecule has 0 amide bonds. The number of rotatable bonds is 4. The molecule has 0 bridgehead atoms. The first kappa shape index (κ1) is 9.73. The third kappa shape index (κ3) is 2.29. The number of nitrogens with zero attached hydrogens (tertiary/aromatic N) is 2. The van der Waals surface area contributed by atoms with E-state index in [1.54, 1.807) is 17.0 Å². The second-order valence-corrected chi connectivity index (χ2v) is 2.69. The Hall–Kier alpha value is -1.36. The van der Waals surface area contributed by atoms with Gasteiger partial charge in [0, 0.05) is 25.4 Å². The number of aryl methyl sites for hydroxylation is 1. The molecule has 0 radical (unpaired) electrons. The minimum absolute atomic E-state index is 0.0518. The van der Waals surface area contributed by atoms with Crippen LogP contribution in [0.3, 0.4) is 0 Å². The van der Waals surface area contributed by atoms with E-state index in [0.717, 1.165) is 6.54 Å². The molecule has 5 heteroatoms. The lowest BCUT2D eigenvalue weighted by Crippen LogP contribution is -2.23. The normalized spacial score (nSPS) is 12.8. The summed E-state index contributed by atoms with van der Waals surface area (Å²) in [4.78, 5) is 14.3. The van der Waals surface area contributed by atoms with Crippen LogP contribution in [0.25, 0.3) is 0 Å². The van der Waals surface area contributed by atoms with Gasteiger partial charge in [-0.2, -0.15) is 0 Å². The van der Waals surface area contributed by atoms with E-state index in [9.17, 15) is 4.79 Å². The van der Waals surface area contributed by atoms with Crippen LogP contribution in [0.15, 0.2) is 12.4 Å². The fraction of sp³-hybridized carbons (Fsp3) is 0.500. The van der Waals surface area contributed by atoms with Gasteiger partial charge in [-0.05, 0) is 6.92 Å². The Morgan fingerprint density at radius 3 is 3.00 bits per heavy atom. The summed E-state index contributed by atoms with van der Waals surface area (Å²) in [6.45, 7) is 2.65. The van der Waals surface area contributed by atoms with Crippen LogP contribution in [0.4, 0.5) is 0 Å². The van der Waals surface area contributed by atoms with E-state index < -0.39 is 12.1 Å². The van der Waals surface area contributed by atoms with Crippen LogP contribution in [0, 0.1) is 0 Å². The summed E-state index contributed by atoms with van der Waals surface area (Å²) in [6.07, 6.45) is 2.03. The third-order valence-electron chi connectivity index (χ3n) is 1.80. The second-order valence-electron chi connectivity index (χ2n) is 2.69. The van der Waals surface area contributed by atoms with Gasteiger partial charge in [0.25, 0.3) is 0 Å². The summed E-state index contributed by atoms with van der Waals surface area (Å²) in [7, 11) is 0. The van der Waals surface area contributed by atoms with Gasteiger partial charge < -0.3 is 14.8 Å². The van der Waals surface area contributed by atoms with Crippen molar-refractivity contribution in [3.63, 3.8) is 0 Å². The number of aromatic nitrogens is 2. The molecule has 0 aliphatic carbocycles. The zero-order chi connectivity index (χ0) is 9.84. The van der Waals surface area contributed by atoms with Crippen LogP contribution in [0.1, 0.15) is 12.7 Å². The predicted molar refractivity (Wildman–Crippen MR) is 45.2 cm³/mol. The average Bonchev–Trinajstić information content (AvgIpc) is 2.51. The number of carbonyl (C=O) groups is 1. The molecule has 0 fully saturated rings. The van der Waals surface area contributed by atoms with E-state index >= 15 is 0 Å². The van der Waals surface area contributed by atoms with Crippen molar-refractivity contribution in [2.45, 2.75) is 26.0 Å². The minimum Gasteiger partial charge on any atom is -0.479 e. The first-order valence-corrected chi connectivity index (χ1v) is 4.06. The number of carboxylic acids is 1. The Labute approximate surface area is 75.6 Å². The van der Waals surface area contributed by atoms with Crippen LogP contribution < -0.4 is 0 Å². The molecule has 2 N–H and O–H groups in total. The molecule has 1 heterocycles. The van der Waals surface area contributed by atoms with Gasteiger partial charge >= 0.3 is 5.97 Å². The van der Waals surface area contributed by atoms with Gasteiger partial charge in [0.2, 0.25) is 0 Å². The summed E-state index contributed by atoms with van der Waals surface area (Å²) in [5.74, 6) is -0.622. The van der Waals surface area contributed by atoms with Gasteiger partial charge in [-0.3, -0.25) is 0 Å². The number of aliphatic hydroxyl groups is 1. The zero-order valence-electron chi connectivity index (χ0n) is 7.34. The fourth-order valence-corrected chi connectivity index (χ4v) is 1.08. The summed E-state index contributed by atoms with van der Waals surface area (Å²) in [5, 5.41) is 17.5. The summed E-state index contributed by atoms with van der Waals surface area (Å²) < 4.78 is 1.80. The fourth-order valence-electron chi connectivity index (χ4n) is 1.08. The number of hydrogen-bond donors (Lipinski definition) is 2. The Morgan fingerprint density at radius 2 is 2.46 bits per heavy atom. The van der Waals surface area contributed by atoms with E-state index in [1.165, 1.54) is 0 Å². The summed E-state index contributed by atoms with van der Waals surface area (Å²) >= 11 is 0. The van der Waals surface area contributed by atoms with E-state index in [2.05, 4.69) is 4.98 Å². The summed E-state index contributed by atoms with van der Waals surface area (Å²) in [5.41, 5.74) is 0. The minimum atomic E-state index is -1.37. The molecule has 1 atom stereocenters. The first-order chi connectivity index (χ1) is 6.15. The van der Waals surface area contributed by atoms with Gasteiger partial charge in [-0.25, -0.2) is 9.78 Å². The molecule has 0 saturated heterocycles. The first-order valence-electron chi connectivity index (χ1n) is 4.06. The molecular weight excluding hydrogens is 172 g/mol. The number of aliphatic carboxylic acids is 1. The highest BCUT2D eigenvalue weighted by atomic mass is 16.4. The van der Waals surface area contributed by atoms with Crippen LogP contribution >= 0.6 is 0 Å². The maximum atomic E-state index is 10.3. The molecule has 1 rings (SSSR count). The van der Waals surface area contributed by atoms with Gasteiger partial charge in [0.1, 0.15) is 5.82 Å². The number of hydrogen-bond acceptors (Lipinski definition) is 3. The third-order valence-corrected chi connectivity index (χ3v) is 1.80. The van der Waals surface area contributed by atoms with Gasteiger partial charge in [-0.15, -0.1) is 0 Å². The Kier molecular flexibility index (Phi) is 3.02. The maximum absolute atomic E-state index is 10.3. The Bertz CT molecular complexity index is 295. The molecule has 0 aromatic carbocycles. The lowest BCUT2D eigenvalue weighted by molar-refractivity contribution is -0.146. The van der Waals surface area contributed by atoms with Gasteiger partial charge in [-0.1, -0.05) is 0 Å². The van der Waals surface area contributed by atoms with E-state index in [0.29, 0.717) is 5.82 Å². The Morgan fingerprint density at radius 1 is 1.77 bits per heavy atom. The SMILES string of the molecule is CCn1ccnc1CC(O)C(=O)O. The highest BCUT2D eigenvalue weighted by molar-refractivity contribution is 5.72. The highest BCUT2D eigenvalue weighted by Gasteiger charge is 2.16. The molecule has 5 nitrogen and oxygen atoms in total. The van der Waals surface area contributed by atoms with E-state index in [4.69, 9.17) is 10.2 Å². The second kappa shape index (κ2) is 4.04. The molecule has 1 unspecified atom stereocenters. The molecule has 0 aliphatic heterocycles. The number of aliphatic hydroxyl groups excluding tert-OH is 1. The van der Waals surface area contributed by atoms with Crippen molar-refractivity contribution >= 4 is 5.97 Å². The van der Waals surface area contributed by atoms with Crippen molar-refractivity contribution in [2.24, 2.45) is 0 Å². The number of carboxylic acid groups (broad SMARTS) is 1. The lowest BCUT2D eigenvalue weighted by atomic mass is 10.2. The zero-order valence-corrected chi connectivity index (χ0v) is 7.34. The van der Waals surface area contributed by atoms with Crippen molar-refractivity contribution in [2.75, 3.05) is 0 Å². The Balaban J connectivity index is 2.68. The molecular formula is C8H12N2O3. The maximum Gasteiger partial charge on any atom is 0.332 e. The lowest BCUT2D eigenvalue weighted by Gasteiger charge is -2.06. The molecule has 0 spiro atoms.